The molecule has 4 heteroatoms. The monoisotopic (exact) mass is 159 g/mol. The van der Waals surface area contributed by atoms with Crippen LogP contribution in [0.25, 0.3) is 0 Å². The highest BCUT2D eigenvalue weighted by Gasteiger charge is 2.10. The van der Waals surface area contributed by atoms with Crippen LogP contribution in [0.3, 0.4) is 0 Å². The van der Waals surface area contributed by atoms with Crippen molar-refractivity contribution in [1.82, 2.24) is 0 Å². The number of benzene rings is 1. The van der Waals surface area contributed by atoms with Crippen molar-refractivity contribution in [3.63, 3.8) is 0 Å². The minimum Gasteiger partial charge on any atom is -0.508 e. The second kappa shape index (κ2) is 2.84. The largest absolute Gasteiger partial charge is 0.508 e. The maximum Gasteiger partial charge on any atom is 0.166 e. The molecule has 0 aromatic heterocycles. The third kappa shape index (κ3) is 1.30. The van der Waals surface area contributed by atoms with Crippen molar-refractivity contribution in [2.75, 3.05) is 0 Å². The van der Waals surface area contributed by atoms with Crippen molar-refractivity contribution in [1.29, 1.82) is 0 Å². The summed E-state index contributed by atoms with van der Waals surface area (Å²) < 4.78 is 25.1. The fourth-order valence-corrected chi connectivity index (χ4v) is 0.777. The molecule has 0 heterocycles. The summed E-state index contributed by atoms with van der Waals surface area (Å²) >= 11 is 0. The van der Waals surface area contributed by atoms with E-state index in [4.69, 9.17) is 10.8 Å². The Balaban J connectivity index is 3.29. The molecule has 0 spiro atoms. The summed E-state index contributed by atoms with van der Waals surface area (Å²) in [5.41, 5.74) is 4.86. The molecule has 11 heavy (non-hydrogen) atoms. The van der Waals surface area contributed by atoms with Gasteiger partial charge in [-0.05, 0) is 12.1 Å². The number of nitrogens with two attached hydrogens (primary N) is 1. The van der Waals surface area contributed by atoms with Crippen LogP contribution in [0.15, 0.2) is 12.1 Å². The molecule has 0 aliphatic rings. The molecule has 0 atom stereocenters. The lowest BCUT2D eigenvalue weighted by Gasteiger charge is -2.02. The number of aromatic hydroxyl groups is 1. The van der Waals surface area contributed by atoms with E-state index < -0.39 is 11.6 Å². The van der Waals surface area contributed by atoms with Crippen LogP contribution in [-0.2, 0) is 6.54 Å². The van der Waals surface area contributed by atoms with E-state index in [1.54, 1.807) is 0 Å². The molecule has 1 rings (SSSR count). The Kier molecular flexibility index (Phi) is 2.05. The molecule has 0 fully saturated rings. The topological polar surface area (TPSA) is 46.2 Å². The molecule has 0 bridgehead atoms. The van der Waals surface area contributed by atoms with Crippen LogP contribution in [0, 0.1) is 11.6 Å². The number of rotatable bonds is 1. The first kappa shape index (κ1) is 7.94. The molecule has 0 aliphatic carbocycles. The number of halogens is 2. The fourth-order valence-electron chi connectivity index (χ4n) is 0.777. The first-order chi connectivity index (χ1) is 5.16. The van der Waals surface area contributed by atoms with Gasteiger partial charge in [0.1, 0.15) is 5.75 Å². The van der Waals surface area contributed by atoms with Gasteiger partial charge >= 0.3 is 0 Å². The molecule has 0 radical (unpaired) electrons. The second-order valence-corrected chi connectivity index (χ2v) is 2.06. The molecule has 60 valence electrons. The van der Waals surface area contributed by atoms with Crippen molar-refractivity contribution in [3.8, 4) is 5.75 Å². The summed E-state index contributed by atoms with van der Waals surface area (Å²) in [7, 11) is 0. The summed E-state index contributed by atoms with van der Waals surface area (Å²) in [6.45, 7) is -0.213. The van der Waals surface area contributed by atoms with Crippen molar-refractivity contribution in [3.05, 3.63) is 29.3 Å². The Bertz CT molecular complexity index is 275. The van der Waals surface area contributed by atoms with Crippen LogP contribution >= 0.6 is 0 Å². The average Bonchev–Trinajstić information content (AvgIpc) is 1.99. The molecular formula is C7H7F2NO. The van der Waals surface area contributed by atoms with Crippen LogP contribution < -0.4 is 5.73 Å². The summed E-state index contributed by atoms with van der Waals surface area (Å²) in [6, 6.07) is 1.92. The maximum absolute atomic E-state index is 12.6. The molecule has 0 unspecified atom stereocenters. The van der Waals surface area contributed by atoms with Crippen LogP contribution in [-0.4, -0.2) is 5.11 Å². The first-order valence-corrected chi connectivity index (χ1v) is 3.02. The third-order valence-electron chi connectivity index (χ3n) is 1.38. The average molecular weight is 159 g/mol. The smallest absolute Gasteiger partial charge is 0.166 e. The van der Waals surface area contributed by atoms with Gasteiger partial charge in [-0.15, -0.1) is 0 Å². The van der Waals surface area contributed by atoms with E-state index in [1.807, 2.05) is 0 Å². The highest BCUT2D eigenvalue weighted by atomic mass is 19.2. The molecule has 1 aromatic carbocycles. The molecule has 3 N–H and O–H groups in total. The van der Waals surface area contributed by atoms with Crippen molar-refractivity contribution in [2.45, 2.75) is 6.54 Å². The summed E-state index contributed by atoms with van der Waals surface area (Å²) in [4.78, 5) is 0. The van der Waals surface area contributed by atoms with Crippen LogP contribution in [0.4, 0.5) is 8.78 Å². The van der Waals surface area contributed by atoms with Crippen molar-refractivity contribution in [2.24, 2.45) is 5.73 Å². The SMILES string of the molecule is NCc1c(O)ccc(F)c1F. The summed E-state index contributed by atoms with van der Waals surface area (Å²) in [6.07, 6.45) is 0. The number of hydrogen-bond donors (Lipinski definition) is 2. The molecule has 0 saturated heterocycles. The zero-order valence-electron chi connectivity index (χ0n) is 5.64. The highest BCUT2D eigenvalue weighted by Crippen LogP contribution is 2.21. The van der Waals surface area contributed by atoms with Gasteiger partial charge < -0.3 is 10.8 Å². The van der Waals surface area contributed by atoms with E-state index in [0.29, 0.717) is 0 Å². The summed E-state index contributed by atoms with van der Waals surface area (Å²) in [5.74, 6) is -2.39. The quantitative estimate of drug-likeness (QED) is 0.645. The van der Waals surface area contributed by atoms with Crippen molar-refractivity contribution >= 4 is 0 Å². The molecule has 2 nitrogen and oxygen atoms in total. The van der Waals surface area contributed by atoms with Gasteiger partial charge in [-0.2, -0.15) is 0 Å². The van der Waals surface area contributed by atoms with E-state index in [-0.39, 0.29) is 17.9 Å². The Morgan fingerprint density at radius 3 is 2.45 bits per heavy atom. The lowest BCUT2D eigenvalue weighted by molar-refractivity contribution is 0.442. The van der Waals surface area contributed by atoms with Gasteiger partial charge in [0.15, 0.2) is 11.6 Å². The molecule has 0 amide bonds. The standard InChI is InChI=1S/C7H7F2NO/c8-5-1-2-6(11)4(3-10)7(5)9/h1-2,11H,3,10H2. The molecule has 1 aromatic rings. The van der Waals surface area contributed by atoms with E-state index in [0.717, 1.165) is 12.1 Å². The Morgan fingerprint density at radius 2 is 2.00 bits per heavy atom. The molecule has 0 aliphatic heterocycles. The van der Waals surface area contributed by atoms with E-state index in [9.17, 15) is 8.78 Å². The fraction of sp³-hybridized carbons (Fsp3) is 0.143. The molecule has 0 saturated carbocycles. The molecular weight excluding hydrogens is 152 g/mol. The normalized spacial score (nSPS) is 10.1. The first-order valence-electron chi connectivity index (χ1n) is 3.02. The zero-order valence-corrected chi connectivity index (χ0v) is 5.64. The van der Waals surface area contributed by atoms with Crippen LogP contribution in [0.2, 0.25) is 0 Å². The van der Waals surface area contributed by atoms with Gasteiger partial charge in [0.05, 0.1) is 0 Å². The van der Waals surface area contributed by atoms with Gasteiger partial charge in [0, 0.05) is 12.1 Å². The van der Waals surface area contributed by atoms with Gasteiger partial charge in [-0.1, -0.05) is 0 Å². The maximum atomic E-state index is 12.6. The van der Waals surface area contributed by atoms with E-state index in [2.05, 4.69) is 0 Å². The Hall–Kier alpha value is -1.16. The third-order valence-corrected chi connectivity index (χ3v) is 1.38. The van der Waals surface area contributed by atoms with Gasteiger partial charge in [-0.3, -0.25) is 0 Å². The minimum absolute atomic E-state index is 0.190. The van der Waals surface area contributed by atoms with Gasteiger partial charge in [0.25, 0.3) is 0 Å². The van der Waals surface area contributed by atoms with E-state index >= 15 is 0 Å². The van der Waals surface area contributed by atoms with Crippen molar-refractivity contribution < 1.29 is 13.9 Å². The lowest BCUT2D eigenvalue weighted by Crippen LogP contribution is -2.01. The van der Waals surface area contributed by atoms with Gasteiger partial charge in [-0.25, -0.2) is 8.78 Å². The minimum atomic E-state index is -1.08. The van der Waals surface area contributed by atoms with E-state index in [1.165, 1.54) is 0 Å². The van der Waals surface area contributed by atoms with Crippen LogP contribution in [0.5, 0.6) is 5.75 Å². The lowest BCUT2D eigenvalue weighted by atomic mass is 10.2. The predicted molar refractivity (Wildman–Crippen MR) is 35.9 cm³/mol. The van der Waals surface area contributed by atoms with Gasteiger partial charge in [0.2, 0.25) is 0 Å². The predicted octanol–water partition coefficient (Wildman–Crippen LogP) is 1.13. The Morgan fingerprint density at radius 1 is 1.36 bits per heavy atom. The van der Waals surface area contributed by atoms with Crippen LogP contribution in [0.1, 0.15) is 5.56 Å². The second-order valence-electron chi connectivity index (χ2n) is 2.06. The number of phenols is 1. The summed E-state index contributed by atoms with van der Waals surface area (Å²) in [5, 5.41) is 8.93. The highest BCUT2D eigenvalue weighted by molar-refractivity contribution is 5.33. The number of phenolic OH excluding ortho intramolecular Hbond substituents is 1. The number of hydrogen-bond acceptors (Lipinski definition) is 2. The zero-order chi connectivity index (χ0) is 8.43. The Labute approximate surface area is 62.3 Å².